The van der Waals surface area contributed by atoms with Crippen molar-refractivity contribution in [3.8, 4) is 5.75 Å². The van der Waals surface area contributed by atoms with Crippen molar-refractivity contribution in [3.63, 3.8) is 0 Å². The zero-order valence-electron chi connectivity index (χ0n) is 27.8. The second kappa shape index (κ2) is 18.2. The lowest BCUT2D eigenvalue weighted by atomic mass is 9.92. The lowest BCUT2D eigenvalue weighted by Gasteiger charge is -2.39. The number of halogens is 2. The number of hydrogen-bond donors (Lipinski definition) is 5. The van der Waals surface area contributed by atoms with Crippen LogP contribution in [0, 0.1) is 23.5 Å². The number of aromatic nitrogens is 2. The molecule has 2 fully saturated rings. The molecule has 1 aromatic heterocycles. The molecule has 0 aliphatic carbocycles. The van der Waals surface area contributed by atoms with Crippen LogP contribution in [0.4, 0.5) is 19.5 Å². The van der Waals surface area contributed by atoms with Crippen LogP contribution in [0.2, 0.25) is 0 Å². The van der Waals surface area contributed by atoms with Crippen LogP contribution < -0.4 is 20.3 Å². The van der Waals surface area contributed by atoms with Gasteiger partial charge in [-0.2, -0.15) is 0 Å². The van der Waals surface area contributed by atoms with Gasteiger partial charge in [0.15, 0.2) is 0 Å². The number of anilines is 1. The highest BCUT2D eigenvalue weighted by Crippen LogP contribution is 2.27. The average molecular weight is 677 g/mol. The molecule has 2 saturated heterocycles. The van der Waals surface area contributed by atoms with Crippen molar-refractivity contribution >= 4 is 17.9 Å². The highest BCUT2D eigenvalue weighted by molar-refractivity contribution is 5.79. The smallest absolute Gasteiger partial charge is 0.315 e. The number of hydrogen-bond acceptors (Lipinski definition) is 9. The van der Waals surface area contributed by atoms with Gasteiger partial charge in [0.25, 0.3) is 0 Å². The predicted octanol–water partition coefficient (Wildman–Crippen LogP) is 2.58. The van der Waals surface area contributed by atoms with E-state index in [9.17, 15) is 33.7 Å². The Morgan fingerprint density at radius 1 is 0.958 bits per heavy atom. The number of piperidine rings is 1. The van der Waals surface area contributed by atoms with Gasteiger partial charge in [0.1, 0.15) is 22.9 Å². The fraction of sp³-hybridized carbons (Fsp3) is 0.647. The highest BCUT2D eigenvalue weighted by Gasteiger charge is 2.32. The van der Waals surface area contributed by atoms with Gasteiger partial charge in [-0.3, -0.25) is 4.79 Å². The predicted molar refractivity (Wildman–Crippen MR) is 176 cm³/mol. The van der Waals surface area contributed by atoms with Crippen molar-refractivity contribution < 1.29 is 38.4 Å². The van der Waals surface area contributed by atoms with Crippen LogP contribution in [-0.2, 0) is 17.6 Å². The number of carbonyl (C=O) groups is 2. The van der Waals surface area contributed by atoms with Crippen LogP contribution >= 0.6 is 0 Å². The van der Waals surface area contributed by atoms with Crippen molar-refractivity contribution in [1.29, 1.82) is 0 Å². The van der Waals surface area contributed by atoms with E-state index in [4.69, 9.17) is 4.74 Å². The lowest BCUT2D eigenvalue weighted by Crippen LogP contribution is -2.59. The SMILES string of the molecule is CCc1cnc(N2CCC(CCCOc3cc(F)c(CC(=O)N4CC(CCCCNC(=O)NC(CO)(CO)CO)C4)c(F)c3)CC2)nc1. The van der Waals surface area contributed by atoms with Crippen molar-refractivity contribution in [2.75, 3.05) is 64.1 Å². The summed E-state index contributed by atoms with van der Waals surface area (Å²) in [4.78, 5) is 37.4. The lowest BCUT2D eigenvalue weighted by molar-refractivity contribution is -0.137. The van der Waals surface area contributed by atoms with Gasteiger partial charge in [0, 0.05) is 62.8 Å². The molecule has 0 saturated carbocycles. The number of aliphatic hydroxyl groups is 3. The third kappa shape index (κ3) is 10.4. The molecule has 1 aromatic carbocycles. The molecule has 12 nitrogen and oxygen atoms in total. The molecule has 266 valence electrons. The van der Waals surface area contributed by atoms with Crippen molar-refractivity contribution in [2.24, 2.45) is 11.8 Å². The first-order valence-corrected chi connectivity index (χ1v) is 17.0. The minimum Gasteiger partial charge on any atom is -0.493 e. The van der Waals surface area contributed by atoms with E-state index >= 15 is 0 Å². The number of rotatable bonds is 18. The third-order valence-corrected chi connectivity index (χ3v) is 9.39. The van der Waals surface area contributed by atoms with Crippen LogP contribution in [0.1, 0.15) is 63.0 Å². The molecule has 0 unspecified atom stereocenters. The Morgan fingerprint density at radius 2 is 1.58 bits per heavy atom. The van der Waals surface area contributed by atoms with E-state index in [1.807, 2.05) is 12.4 Å². The van der Waals surface area contributed by atoms with Gasteiger partial charge < -0.3 is 40.5 Å². The minimum atomic E-state index is -1.48. The zero-order chi connectivity index (χ0) is 34.5. The molecule has 14 heteroatoms. The van der Waals surface area contributed by atoms with Crippen LogP contribution in [0.3, 0.4) is 0 Å². The minimum absolute atomic E-state index is 0.120. The van der Waals surface area contributed by atoms with Gasteiger partial charge in [0.2, 0.25) is 11.9 Å². The van der Waals surface area contributed by atoms with Crippen molar-refractivity contribution in [1.82, 2.24) is 25.5 Å². The number of unbranched alkanes of at least 4 members (excludes halogenated alkanes) is 1. The summed E-state index contributed by atoms with van der Waals surface area (Å²) >= 11 is 0. The zero-order valence-corrected chi connectivity index (χ0v) is 27.8. The van der Waals surface area contributed by atoms with Gasteiger partial charge in [-0.25, -0.2) is 23.5 Å². The number of urea groups is 1. The number of amides is 3. The molecule has 5 N–H and O–H groups in total. The van der Waals surface area contributed by atoms with Crippen LogP contribution in [0.25, 0.3) is 0 Å². The maximum Gasteiger partial charge on any atom is 0.315 e. The molecule has 0 radical (unpaired) electrons. The van der Waals surface area contributed by atoms with E-state index in [0.717, 1.165) is 81.7 Å². The molecule has 2 aliphatic rings. The summed E-state index contributed by atoms with van der Waals surface area (Å²) < 4.78 is 35.3. The molecular weight excluding hydrogens is 626 g/mol. The summed E-state index contributed by atoms with van der Waals surface area (Å²) in [7, 11) is 0. The Hall–Kier alpha value is -3.62. The Labute approximate surface area is 280 Å². The summed E-state index contributed by atoms with van der Waals surface area (Å²) in [5, 5.41) is 32.8. The van der Waals surface area contributed by atoms with E-state index < -0.39 is 43.0 Å². The second-order valence-electron chi connectivity index (χ2n) is 13.0. The number of nitrogens with zero attached hydrogens (tertiary/aromatic N) is 4. The van der Waals surface area contributed by atoms with E-state index in [1.54, 1.807) is 4.90 Å². The summed E-state index contributed by atoms with van der Waals surface area (Å²) in [6.45, 7) is 3.83. The molecular formula is C34H50F2N6O6. The number of likely N-dealkylation sites (tertiary alicyclic amines) is 1. The van der Waals surface area contributed by atoms with Crippen LogP contribution in [0.5, 0.6) is 5.75 Å². The first kappa shape index (κ1) is 37.2. The normalized spacial score (nSPS) is 15.7. The molecule has 48 heavy (non-hydrogen) atoms. The van der Waals surface area contributed by atoms with Crippen molar-refractivity contribution in [2.45, 2.75) is 70.3 Å². The number of benzene rings is 1. The van der Waals surface area contributed by atoms with Crippen LogP contribution in [-0.4, -0.2) is 107 Å². The fourth-order valence-corrected chi connectivity index (χ4v) is 6.04. The van der Waals surface area contributed by atoms with E-state index in [-0.39, 0.29) is 29.6 Å². The molecule has 2 aromatic rings. The topological polar surface area (TPSA) is 160 Å². The van der Waals surface area contributed by atoms with E-state index in [1.165, 1.54) is 0 Å². The molecule has 2 aliphatic heterocycles. The third-order valence-electron chi connectivity index (χ3n) is 9.39. The highest BCUT2D eigenvalue weighted by atomic mass is 19.1. The number of nitrogens with one attached hydrogen (secondary N) is 2. The Morgan fingerprint density at radius 3 is 2.19 bits per heavy atom. The summed E-state index contributed by atoms with van der Waals surface area (Å²) in [5.74, 6) is -0.181. The van der Waals surface area contributed by atoms with Gasteiger partial charge in [-0.05, 0) is 62.3 Å². The molecule has 0 atom stereocenters. The summed E-state index contributed by atoms with van der Waals surface area (Å²) in [6.07, 6.45) is 10.4. The van der Waals surface area contributed by atoms with E-state index in [2.05, 4.69) is 32.4 Å². The Bertz CT molecular complexity index is 1290. The second-order valence-corrected chi connectivity index (χ2v) is 13.0. The molecule has 3 heterocycles. The first-order chi connectivity index (χ1) is 23.2. The maximum absolute atomic E-state index is 14.8. The Balaban J connectivity index is 1.08. The molecule has 0 spiro atoms. The average Bonchev–Trinajstić information content (AvgIpc) is 3.08. The maximum atomic E-state index is 14.8. The van der Waals surface area contributed by atoms with Crippen molar-refractivity contribution in [3.05, 3.63) is 47.3 Å². The monoisotopic (exact) mass is 676 g/mol. The van der Waals surface area contributed by atoms with Gasteiger partial charge >= 0.3 is 6.03 Å². The number of carbonyl (C=O) groups excluding carboxylic acids is 2. The first-order valence-electron chi connectivity index (χ1n) is 17.0. The van der Waals surface area contributed by atoms with Gasteiger partial charge in [-0.1, -0.05) is 13.3 Å². The Kier molecular flexibility index (Phi) is 14.1. The van der Waals surface area contributed by atoms with Gasteiger partial charge in [-0.15, -0.1) is 0 Å². The van der Waals surface area contributed by atoms with Crippen LogP contribution in [0.15, 0.2) is 24.5 Å². The number of aliphatic hydroxyl groups excluding tert-OH is 3. The fourth-order valence-electron chi connectivity index (χ4n) is 6.04. The standard InChI is InChI=1S/C34H50F2N6O6/c1-2-24-17-38-32(39-18-24)41-11-8-25(9-12-41)7-5-13-48-27-14-29(35)28(30(36)15-27)16-31(46)42-19-26(20-42)6-3-4-10-37-33(47)40-34(21-43,22-44)23-45/h14-15,17-18,25-26,43-45H,2-13,16,19-23H2,1H3,(H2,37,40,47). The van der Waals surface area contributed by atoms with E-state index in [0.29, 0.717) is 38.6 Å². The molecule has 3 amide bonds. The largest absolute Gasteiger partial charge is 0.493 e. The molecule has 0 bridgehead atoms. The number of ether oxygens (including phenoxy) is 1. The summed E-state index contributed by atoms with van der Waals surface area (Å²) in [6, 6.07) is 1.70. The quantitative estimate of drug-likeness (QED) is 0.150. The summed E-state index contributed by atoms with van der Waals surface area (Å²) in [5.41, 5.74) is -0.615. The van der Waals surface area contributed by atoms with Gasteiger partial charge in [0.05, 0.1) is 32.8 Å². The number of aryl methyl sites for hydroxylation is 1. The molecule has 4 rings (SSSR count).